The second-order valence-corrected chi connectivity index (χ2v) is 5.39. The Kier molecular flexibility index (Phi) is 15.1. The van der Waals surface area contributed by atoms with E-state index in [1.807, 2.05) is 0 Å². The van der Waals surface area contributed by atoms with E-state index in [0.717, 1.165) is 9.80 Å². The van der Waals surface area contributed by atoms with Crippen LogP contribution in [0.5, 0.6) is 0 Å². The Balaban J connectivity index is 0. The lowest BCUT2D eigenvalue weighted by atomic mass is 10.4. The van der Waals surface area contributed by atoms with Gasteiger partial charge in [0.2, 0.25) is 0 Å². The van der Waals surface area contributed by atoms with Crippen molar-refractivity contribution >= 4 is 35.8 Å². The van der Waals surface area contributed by atoms with Crippen LogP contribution < -0.4 is 5.32 Å². The molecule has 0 aliphatic rings. The SMILES string of the molecule is O=C(O)CN(CCN(CC(=O)O)CC(=O)O)CC(=O)O.O=C(O)CNCC(=O)O. The van der Waals surface area contributed by atoms with Crippen LogP contribution >= 0.6 is 0 Å². The Morgan fingerprint density at radius 2 is 0.724 bits per heavy atom. The first-order chi connectivity index (χ1) is 13.3. The third-order valence-electron chi connectivity index (χ3n) is 2.72. The fraction of sp³-hybridized carbons (Fsp3) is 0.571. The van der Waals surface area contributed by atoms with Crippen LogP contribution in [0.15, 0.2) is 0 Å². The topological polar surface area (TPSA) is 242 Å². The van der Waals surface area contributed by atoms with Gasteiger partial charge in [-0.3, -0.25) is 43.9 Å². The maximum absolute atomic E-state index is 10.6. The molecule has 7 N–H and O–H groups in total. The van der Waals surface area contributed by atoms with Gasteiger partial charge < -0.3 is 30.6 Å². The molecule has 29 heavy (non-hydrogen) atoms. The van der Waals surface area contributed by atoms with E-state index in [2.05, 4.69) is 5.32 Å². The third-order valence-corrected chi connectivity index (χ3v) is 2.72. The quantitative estimate of drug-likeness (QED) is 0.136. The smallest absolute Gasteiger partial charge is 0.317 e. The van der Waals surface area contributed by atoms with Crippen molar-refractivity contribution < 1.29 is 59.4 Å². The Hall–Kier alpha value is -3.30. The summed E-state index contributed by atoms with van der Waals surface area (Å²) in [5, 5.41) is 52.6. The molecule has 0 atom stereocenters. The average molecular weight is 425 g/mol. The van der Waals surface area contributed by atoms with Crippen molar-refractivity contribution in [2.24, 2.45) is 0 Å². The normalized spacial score (nSPS) is 10.1. The van der Waals surface area contributed by atoms with Gasteiger partial charge in [0.05, 0.1) is 39.3 Å². The van der Waals surface area contributed by atoms with Gasteiger partial charge in [-0.25, -0.2) is 0 Å². The molecule has 0 amide bonds. The van der Waals surface area contributed by atoms with Crippen molar-refractivity contribution in [2.45, 2.75) is 0 Å². The van der Waals surface area contributed by atoms with Crippen molar-refractivity contribution in [1.82, 2.24) is 15.1 Å². The van der Waals surface area contributed by atoms with E-state index in [0.29, 0.717) is 0 Å². The zero-order valence-corrected chi connectivity index (χ0v) is 15.2. The third kappa shape index (κ3) is 22.7. The molecule has 0 aromatic heterocycles. The number of nitrogens with zero attached hydrogens (tertiary/aromatic N) is 2. The number of aliphatic carboxylic acids is 6. The van der Waals surface area contributed by atoms with Crippen LogP contribution in [-0.4, -0.2) is 129 Å². The lowest BCUT2D eigenvalue weighted by Crippen LogP contribution is -2.43. The molecule has 0 saturated carbocycles. The molecular formula is C14H23N3O12. The largest absolute Gasteiger partial charge is 0.480 e. The Morgan fingerprint density at radius 1 is 0.483 bits per heavy atom. The summed E-state index contributed by atoms with van der Waals surface area (Å²) >= 11 is 0. The van der Waals surface area contributed by atoms with Crippen LogP contribution in [0.4, 0.5) is 0 Å². The second kappa shape index (κ2) is 15.7. The van der Waals surface area contributed by atoms with Crippen LogP contribution in [0.25, 0.3) is 0 Å². The van der Waals surface area contributed by atoms with E-state index < -0.39 is 62.0 Å². The predicted molar refractivity (Wildman–Crippen MR) is 91.6 cm³/mol. The molecule has 0 bridgehead atoms. The molecule has 15 nitrogen and oxygen atoms in total. The average Bonchev–Trinajstić information content (AvgIpc) is 2.50. The lowest BCUT2D eigenvalue weighted by Gasteiger charge is -2.23. The minimum atomic E-state index is -1.23. The molecule has 0 spiro atoms. The van der Waals surface area contributed by atoms with E-state index in [9.17, 15) is 28.8 Å². The summed E-state index contributed by atoms with van der Waals surface area (Å²) in [5.41, 5.74) is 0. The van der Waals surface area contributed by atoms with Gasteiger partial charge in [0.1, 0.15) is 0 Å². The van der Waals surface area contributed by atoms with E-state index >= 15 is 0 Å². The maximum atomic E-state index is 10.6. The fourth-order valence-corrected chi connectivity index (χ4v) is 1.75. The molecule has 0 aliphatic carbocycles. The van der Waals surface area contributed by atoms with Gasteiger partial charge in [-0.05, 0) is 0 Å². The van der Waals surface area contributed by atoms with Gasteiger partial charge >= 0.3 is 35.8 Å². The van der Waals surface area contributed by atoms with E-state index in [1.54, 1.807) is 0 Å². The van der Waals surface area contributed by atoms with Gasteiger partial charge in [0.15, 0.2) is 0 Å². The highest BCUT2D eigenvalue weighted by atomic mass is 16.4. The van der Waals surface area contributed by atoms with Crippen molar-refractivity contribution in [2.75, 3.05) is 52.4 Å². The molecule has 0 radical (unpaired) electrons. The fourth-order valence-electron chi connectivity index (χ4n) is 1.75. The standard InChI is InChI=1S/C10H16N2O8.C4H7NO4/c13-7(14)3-11(4-8(15)16)1-2-12(5-9(17)18)6-10(19)20;6-3(7)1-5-2-4(8)9/h1-6H2,(H,13,14)(H,15,16)(H,17,18)(H,19,20);5H,1-2H2,(H,6,7)(H,8,9). The van der Waals surface area contributed by atoms with Crippen molar-refractivity contribution in [3.63, 3.8) is 0 Å². The summed E-state index contributed by atoms with van der Waals surface area (Å²) in [6.45, 7) is -2.88. The monoisotopic (exact) mass is 425 g/mol. The molecule has 0 fully saturated rings. The van der Waals surface area contributed by atoms with Crippen LogP contribution in [-0.2, 0) is 28.8 Å². The summed E-state index contributed by atoms with van der Waals surface area (Å²) in [5.74, 6) is -7.03. The van der Waals surface area contributed by atoms with Crippen molar-refractivity contribution in [3.05, 3.63) is 0 Å². The highest BCUT2D eigenvalue weighted by Crippen LogP contribution is 1.94. The maximum Gasteiger partial charge on any atom is 0.317 e. The second-order valence-electron chi connectivity index (χ2n) is 5.39. The number of hydrogen-bond acceptors (Lipinski definition) is 9. The summed E-state index contributed by atoms with van der Waals surface area (Å²) in [4.78, 5) is 63.8. The first-order valence-corrected chi connectivity index (χ1v) is 7.79. The number of nitrogens with one attached hydrogen (secondary N) is 1. The minimum Gasteiger partial charge on any atom is -0.480 e. The molecule has 0 aromatic rings. The van der Waals surface area contributed by atoms with Gasteiger partial charge in [0.25, 0.3) is 0 Å². The predicted octanol–water partition coefficient (Wildman–Crippen LogP) is -3.33. The van der Waals surface area contributed by atoms with Gasteiger partial charge in [0, 0.05) is 13.1 Å². The van der Waals surface area contributed by atoms with Crippen LogP contribution in [0.1, 0.15) is 0 Å². The Labute approximate surface area is 163 Å². The molecular weight excluding hydrogens is 402 g/mol. The molecule has 0 heterocycles. The summed E-state index contributed by atoms with van der Waals surface area (Å²) in [7, 11) is 0. The summed E-state index contributed by atoms with van der Waals surface area (Å²) in [6.07, 6.45) is 0. The first-order valence-electron chi connectivity index (χ1n) is 7.79. The van der Waals surface area contributed by atoms with Crippen molar-refractivity contribution in [1.29, 1.82) is 0 Å². The van der Waals surface area contributed by atoms with E-state index in [1.165, 1.54) is 0 Å². The molecule has 0 aromatic carbocycles. The van der Waals surface area contributed by atoms with Gasteiger partial charge in [-0.2, -0.15) is 0 Å². The number of rotatable bonds is 15. The summed E-state index contributed by atoms with van der Waals surface area (Å²) < 4.78 is 0. The van der Waals surface area contributed by atoms with Crippen LogP contribution in [0.2, 0.25) is 0 Å². The molecule has 15 heteroatoms. The summed E-state index contributed by atoms with van der Waals surface area (Å²) in [6, 6.07) is 0. The highest BCUT2D eigenvalue weighted by Gasteiger charge is 2.18. The van der Waals surface area contributed by atoms with Crippen LogP contribution in [0.3, 0.4) is 0 Å². The Morgan fingerprint density at radius 3 is 0.897 bits per heavy atom. The highest BCUT2D eigenvalue weighted by molar-refractivity contribution is 5.73. The molecule has 0 unspecified atom stereocenters. The van der Waals surface area contributed by atoms with Crippen molar-refractivity contribution in [3.8, 4) is 0 Å². The lowest BCUT2D eigenvalue weighted by molar-refractivity contribution is -0.145. The number of carboxylic acids is 6. The Bertz CT molecular complexity index is 512. The molecule has 166 valence electrons. The number of hydrogen-bond donors (Lipinski definition) is 7. The van der Waals surface area contributed by atoms with Gasteiger partial charge in [-0.1, -0.05) is 0 Å². The molecule has 0 aliphatic heterocycles. The number of carbonyl (C=O) groups is 6. The van der Waals surface area contributed by atoms with E-state index in [-0.39, 0.29) is 26.2 Å². The molecule has 0 saturated heterocycles. The molecule has 0 rings (SSSR count). The number of carboxylic acid groups (broad SMARTS) is 6. The zero-order valence-electron chi connectivity index (χ0n) is 15.2. The van der Waals surface area contributed by atoms with Gasteiger partial charge in [-0.15, -0.1) is 0 Å². The van der Waals surface area contributed by atoms with E-state index in [4.69, 9.17) is 30.6 Å². The minimum absolute atomic E-state index is 0.0703. The first kappa shape index (κ1) is 27.9. The van der Waals surface area contributed by atoms with Crippen LogP contribution in [0, 0.1) is 0 Å². The zero-order chi connectivity index (χ0) is 23.0.